The summed E-state index contributed by atoms with van der Waals surface area (Å²) in [5.74, 6) is 0. The van der Waals surface area contributed by atoms with E-state index >= 15 is 0 Å². The summed E-state index contributed by atoms with van der Waals surface area (Å²) in [6.07, 6.45) is 0. The molecule has 2 heteroatoms. The van der Waals surface area contributed by atoms with E-state index in [0.29, 0.717) is 0 Å². The molecule has 0 aliphatic carbocycles. The molecule has 0 radical (unpaired) electrons. The monoisotopic (exact) mass is 451 g/mol. The van der Waals surface area contributed by atoms with Crippen molar-refractivity contribution in [1.82, 2.24) is 0 Å². The molecular weight excluding hydrogens is 430 g/mol. The number of nitrogens with one attached hydrogen (secondary N) is 1. The second-order valence-electron chi connectivity index (χ2n) is 8.68. The van der Waals surface area contributed by atoms with Crippen LogP contribution in [0.15, 0.2) is 121 Å². The molecule has 0 unspecified atom stereocenters. The third kappa shape index (κ3) is 3.07. The summed E-state index contributed by atoms with van der Waals surface area (Å²) in [5.41, 5.74) is 4.75. The zero-order chi connectivity index (χ0) is 22.5. The van der Waals surface area contributed by atoms with Crippen molar-refractivity contribution < 1.29 is 0 Å². The minimum absolute atomic E-state index is 1.10. The highest BCUT2D eigenvalue weighted by atomic mass is 32.1. The highest BCUT2D eigenvalue weighted by Crippen LogP contribution is 2.44. The number of thiophene rings is 1. The van der Waals surface area contributed by atoms with Crippen molar-refractivity contribution in [3.8, 4) is 11.1 Å². The topological polar surface area (TPSA) is 12.0 Å². The predicted molar refractivity (Wildman–Crippen MR) is 150 cm³/mol. The van der Waals surface area contributed by atoms with Crippen LogP contribution in [0.4, 0.5) is 11.4 Å². The van der Waals surface area contributed by atoms with Gasteiger partial charge in [0.05, 0.1) is 0 Å². The summed E-state index contributed by atoms with van der Waals surface area (Å²) in [4.78, 5) is 0. The minimum Gasteiger partial charge on any atom is -0.355 e. The maximum Gasteiger partial charge on any atom is 0.0485 e. The quantitative estimate of drug-likeness (QED) is 0.264. The van der Waals surface area contributed by atoms with Gasteiger partial charge in [0.15, 0.2) is 0 Å². The summed E-state index contributed by atoms with van der Waals surface area (Å²) in [6.45, 7) is 0. The molecule has 1 nitrogen and oxygen atoms in total. The van der Waals surface area contributed by atoms with Crippen molar-refractivity contribution in [1.29, 1.82) is 0 Å². The Bertz CT molecular complexity index is 1830. The Labute approximate surface area is 201 Å². The second kappa shape index (κ2) is 7.72. The molecule has 7 rings (SSSR count). The van der Waals surface area contributed by atoms with Crippen molar-refractivity contribution in [2.45, 2.75) is 0 Å². The summed E-state index contributed by atoms with van der Waals surface area (Å²) in [5, 5.41) is 11.5. The maximum atomic E-state index is 3.73. The molecule has 0 atom stereocenters. The molecule has 1 aromatic heterocycles. The van der Waals surface area contributed by atoms with Crippen molar-refractivity contribution in [2.75, 3.05) is 5.32 Å². The Balaban J connectivity index is 1.55. The van der Waals surface area contributed by atoms with E-state index in [2.05, 4.69) is 127 Å². The van der Waals surface area contributed by atoms with Gasteiger partial charge in [0.25, 0.3) is 0 Å². The number of rotatable bonds is 3. The standard InChI is InChI=1S/C32H21NS/c1-2-11-23(12-3-1)33-29-19-22(20-31-32(29)27-16-8-9-17-30(27)34-31)28-18-21-10-4-5-13-24(21)25-14-6-7-15-26(25)28/h1-20,33H. The summed E-state index contributed by atoms with van der Waals surface area (Å²) in [7, 11) is 0. The lowest BCUT2D eigenvalue weighted by molar-refractivity contribution is 1.58. The maximum absolute atomic E-state index is 3.73. The van der Waals surface area contributed by atoms with Gasteiger partial charge in [-0.2, -0.15) is 0 Å². The highest BCUT2D eigenvalue weighted by molar-refractivity contribution is 7.26. The molecule has 7 aromatic rings. The molecule has 0 bridgehead atoms. The Morgan fingerprint density at radius 1 is 0.500 bits per heavy atom. The SMILES string of the molecule is c1ccc(Nc2cc(-c3cc4ccccc4c4ccccc34)cc3sc4ccccc4c23)cc1. The van der Waals surface area contributed by atoms with E-state index < -0.39 is 0 Å². The van der Waals surface area contributed by atoms with E-state index in [9.17, 15) is 0 Å². The van der Waals surface area contributed by atoms with E-state index in [0.717, 1.165) is 11.4 Å². The van der Waals surface area contributed by atoms with Gasteiger partial charge in [-0.25, -0.2) is 0 Å². The van der Waals surface area contributed by atoms with E-state index in [1.165, 1.54) is 52.8 Å². The van der Waals surface area contributed by atoms with Crippen LogP contribution in [-0.2, 0) is 0 Å². The van der Waals surface area contributed by atoms with Crippen molar-refractivity contribution in [2.24, 2.45) is 0 Å². The van der Waals surface area contributed by atoms with Gasteiger partial charge < -0.3 is 5.32 Å². The predicted octanol–water partition coefficient (Wildman–Crippen LogP) is 9.77. The molecule has 1 heterocycles. The average molecular weight is 452 g/mol. The number of hydrogen-bond acceptors (Lipinski definition) is 2. The van der Waals surface area contributed by atoms with Crippen LogP contribution in [-0.4, -0.2) is 0 Å². The first-order valence-corrected chi connectivity index (χ1v) is 12.3. The fraction of sp³-hybridized carbons (Fsp3) is 0. The van der Waals surface area contributed by atoms with Gasteiger partial charge in [-0.3, -0.25) is 0 Å². The van der Waals surface area contributed by atoms with Crippen LogP contribution < -0.4 is 5.32 Å². The van der Waals surface area contributed by atoms with Crippen molar-refractivity contribution >= 4 is 64.4 Å². The van der Waals surface area contributed by atoms with Gasteiger partial charge in [-0.15, -0.1) is 11.3 Å². The van der Waals surface area contributed by atoms with Crippen LogP contribution in [0.2, 0.25) is 0 Å². The van der Waals surface area contributed by atoms with Crippen LogP contribution in [0.1, 0.15) is 0 Å². The first-order chi connectivity index (χ1) is 16.8. The van der Waals surface area contributed by atoms with Crippen molar-refractivity contribution in [3.05, 3.63) is 121 Å². The largest absolute Gasteiger partial charge is 0.355 e. The molecule has 0 saturated heterocycles. The van der Waals surface area contributed by atoms with E-state index in [-0.39, 0.29) is 0 Å². The Morgan fingerprint density at radius 2 is 1.18 bits per heavy atom. The molecule has 6 aromatic carbocycles. The zero-order valence-electron chi connectivity index (χ0n) is 18.5. The molecule has 0 amide bonds. The van der Waals surface area contributed by atoms with E-state index in [1.54, 1.807) is 0 Å². The molecule has 0 fully saturated rings. The highest BCUT2D eigenvalue weighted by Gasteiger charge is 2.15. The zero-order valence-corrected chi connectivity index (χ0v) is 19.3. The minimum atomic E-state index is 1.10. The van der Waals surface area contributed by atoms with Gasteiger partial charge in [-0.05, 0) is 69.1 Å². The fourth-order valence-electron chi connectivity index (χ4n) is 5.08. The molecule has 1 N–H and O–H groups in total. The number of para-hydroxylation sites is 1. The van der Waals surface area contributed by atoms with Gasteiger partial charge in [0, 0.05) is 31.5 Å². The van der Waals surface area contributed by atoms with Gasteiger partial charge in [0.2, 0.25) is 0 Å². The molecule has 0 saturated carbocycles. The Kier molecular flexibility index (Phi) is 4.39. The Morgan fingerprint density at radius 3 is 2.03 bits per heavy atom. The van der Waals surface area contributed by atoms with Crippen LogP contribution >= 0.6 is 11.3 Å². The van der Waals surface area contributed by atoms with Gasteiger partial charge in [-0.1, -0.05) is 84.9 Å². The first-order valence-electron chi connectivity index (χ1n) is 11.5. The van der Waals surface area contributed by atoms with Crippen LogP contribution in [0.3, 0.4) is 0 Å². The average Bonchev–Trinajstić information content (AvgIpc) is 3.27. The molecule has 160 valence electrons. The Hall–Kier alpha value is -4.14. The summed E-state index contributed by atoms with van der Waals surface area (Å²) in [6, 6.07) is 43.6. The number of benzene rings is 6. The summed E-state index contributed by atoms with van der Waals surface area (Å²) < 4.78 is 2.61. The summed E-state index contributed by atoms with van der Waals surface area (Å²) >= 11 is 1.86. The molecule has 34 heavy (non-hydrogen) atoms. The fourth-order valence-corrected chi connectivity index (χ4v) is 6.25. The lowest BCUT2D eigenvalue weighted by Gasteiger charge is -2.14. The molecule has 0 spiro atoms. The molecule has 0 aliphatic heterocycles. The second-order valence-corrected chi connectivity index (χ2v) is 9.76. The van der Waals surface area contributed by atoms with Gasteiger partial charge >= 0.3 is 0 Å². The third-order valence-corrected chi connectivity index (χ3v) is 7.73. The van der Waals surface area contributed by atoms with E-state index in [1.807, 2.05) is 11.3 Å². The third-order valence-electron chi connectivity index (χ3n) is 6.61. The lowest BCUT2D eigenvalue weighted by atomic mass is 9.92. The van der Waals surface area contributed by atoms with Gasteiger partial charge in [0.1, 0.15) is 0 Å². The number of fused-ring (bicyclic) bond motifs is 6. The normalized spacial score (nSPS) is 11.5. The number of hydrogen-bond donors (Lipinski definition) is 1. The molecular formula is C32H21NS. The van der Waals surface area contributed by atoms with E-state index in [4.69, 9.17) is 0 Å². The lowest BCUT2D eigenvalue weighted by Crippen LogP contribution is -1.92. The van der Waals surface area contributed by atoms with Crippen molar-refractivity contribution in [3.63, 3.8) is 0 Å². The van der Waals surface area contributed by atoms with Crippen LogP contribution in [0, 0.1) is 0 Å². The molecule has 0 aliphatic rings. The number of anilines is 2. The van der Waals surface area contributed by atoms with Crippen LogP contribution in [0.25, 0.3) is 52.8 Å². The smallest absolute Gasteiger partial charge is 0.0485 e. The first kappa shape index (κ1) is 19.3. The van der Waals surface area contributed by atoms with Crippen LogP contribution in [0.5, 0.6) is 0 Å².